The van der Waals surface area contributed by atoms with Crippen LogP contribution in [-0.4, -0.2) is 11.4 Å². The maximum absolute atomic E-state index is 4.03. The second-order valence-corrected chi connectivity index (χ2v) is 4.21. The van der Waals surface area contributed by atoms with Crippen molar-refractivity contribution in [3.63, 3.8) is 0 Å². The zero-order valence-corrected chi connectivity index (χ0v) is 9.89. The van der Waals surface area contributed by atoms with E-state index in [-0.39, 0.29) is 0 Å². The lowest BCUT2D eigenvalue weighted by atomic mass is 10.2. The third-order valence-electron chi connectivity index (χ3n) is 2.09. The van der Waals surface area contributed by atoms with Crippen LogP contribution in [-0.2, 0) is 0 Å². The molecule has 0 atom stereocenters. The van der Waals surface area contributed by atoms with Gasteiger partial charge in [0.1, 0.15) is 0 Å². The number of rotatable bonds is 3. The maximum atomic E-state index is 4.03. The molecule has 0 aromatic carbocycles. The topological polar surface area (TPSA) is 3.24 Å². The van der Waals surface area contributed by atoms with E-state index in [0.717, 1.165) is 16.7 Å². The molecule has 1 rings (SSSR count). The van der Waals surface area contributed by atoms with Gasteiger partial charge in [0, 0.05) is 22.9 Å². The molecule has 0 unspecified atom stereocenters. The number of nitrogens with zero attached hydrogens (tertiary/aromatic N) is 1. The molecule has 0 saturated heterocycles. The summed E-state index contributed by atoms with van der Waals surface area (Å²) in [6.07, 6.45) is 6.69. The Morgan fingerprint density at radius 2 is 2.23 bits per heavy atom. The van der Waals surface area contributed by atoms with Crippen molar-refractivity contribution in [3.8, 4) is 0 Å². The first kappa shape index (κ1) is 10.6. The summed E-state index contributed by atoms with van der Waals surface area (Å²) in [5.74, 6) is 0. The Kier molecular flexibility index (Phi) is 3.79. The van der Waals surface area contributed by atoms with E-state index < -0.39 is 0 Å². The predicted octanol–water partition coefficient (Wildman–Crippen LogP) is 3.80. The third kappa shape index (κ3) is 2.73. The first-order valence-electron chi connectivity index (χ1n) is 4.66. The first-order chi connectivity index (χ1) is 6.15. The zero-order chi connectivity index (χ0) is 9.84. The van der Waals surface area contributed by atoms with Gasteiger partial charge >= 0.3 is 0 Å². The summed E-state index contributed by atoms with van der Waals surface area (Å²) >= 11 is 3.51. The van der Waals surface area contributed by atoms with E-state index >= 15 is 0 Å². The molecule has 0 N–H and O–H groups in total. The summed E-state index contributed by atoms with van der Waals surface area (Å²) in [5, 5.41) is 0. The molecule has 72 valence electrons. The number of halogens is 1. The van der Waals surface area contributed by atoms with Gasteiger partial charge in [0.05, 0.1) is 0 Å². The van der Waals surface area contributed by atoms with Crippen LogP contribution in [0.3, 0.4) is 0 Å². The van der Waals surface area contributed by atoms with Crippen molar-refractivity contribution >= 4 is 15.9 Å². The van der Waals surface area contributed by atoms with Crippen molar-refractivity contribution in [3.05, 3.63) is 34.6 Å². The molecule has 1 aliphatic heterocycles. The summed E-state index contributed by atoms with van der Waals surface area (Å²) in [6.45, 7) is 9.40. The van der Waals surface area contributed by atoms with Crippen LogP contribution in [0.15, 0.2) is 34.6 Å². The average molecular weight is 242 g/mol. The van der Waals surface area contributed by atoms with Crippen molar-refractivity contribution in [1.82, 2.24) is 4.90 Å². The largest absolute Gasteiger partial charge is 0.347 e. The summed E-state index contributed by atoms with van der Waals surface area (Å²) in [7, 11) is 0. The van der Waals surface area contributed by atoms with Crippen molar-refractivity contribution in [2.24, 2.45) is 0 Å². The van der Waals surface area contributed by atoms with Crippen LogP contribution in [0.25, 0.3) is 0 Å². The second kappa shape index (κ2) is 4.66. The molecule has 0 saturated carbocycles. The Bertz CT molecular complexity index is 263. The minimum absolute atomic E-state index is 1.07. The molecule has 0 spiro atoms. The molecule has 1 nitrogen and oxygen atoms in total. The van der Waals surface area contributed by atoms with E-state index in [0.29, 0.717) is 0 Å². The first-order valence-corrected chi connectivity index (χ1v) is 5.46. The van der Waals surface area contributed by atoms with E-state index in [1.807, 2.05) is 0 Å². The molecule has 2 heteroatoms. The van der Waals surface area contributed by atoms with Crippen LogP contribution in [0.1, 0.15) is 26.7 Å². The third-order valence-corrected chi connectivity index (χ3v) is 2.78. The van der Waals surface area contributed by atoms with E-state index in [1.165, 1.54) is 18.4 Å². The van der Waals surface area contributed by atoms with E-state index in [9.17, 15) is 0 Å². The summed E-state index contributed by atoms with van der Waals surface area (Å²) in [5.41, 5.74) is 2.34. The molecule has 13 heavy (non-hydrogen) atoms. The molecule has 1 heterocycles. The molecule has 0 aliphatic carbocycles. The van der Waals surface area contributed by atoms with Gasteiger partial charge < -0.3 is 4.90 Å². The van der Waals surface area contributed by atoms with Gasteiger partial charge in [0.2, 0.25) is 0 Å². The average Bonchev–Trinajstić information content (AvgIpc) is 2.09. The van der Waals surface area contributed by atoms with Crippen LogP contribution in [0, 0.1) is 0 Å². The lowest BCUT2D eigenvalue weighted by Gasteiger charge is -2.26. The molecule has 0 aromatic rings. The van der Waals surface area contributed by atoms with Gasteiger partial charge in [-0.3, -0.25) is 0 Å². The van der Waals surface area contributed by atoms with Gasteiger partial charge in [-0.2, -0.15) is 0 Å². The molecular formula is C11H16BrN. The lowest BCUT2D eigenvalue weighted by Crippen LogP contribution is -2.20. The Labute approximate surface area is 88.9 Å². The molecular weight excluding hydrogens is 226 g/mol. The Balaban J connectivity index is 2.66. The van der Waals surface area contributed by atoms with Crippen LogP contribution in [0.2, 0.25) is 0 Å². The monoisotopic (exact) mass is 241 g/mol. The van der Waals surface area contributed by atoms with Gasteiger partial charge in [0.25, 0.3) is 0 Å². The fourth-order valence-electron chi connectivity index (χ4n) is 1.31. The fraction of sp³-hybridized carbons (Fsp3) is 0.455. The zero-order valence-electron chi connectivity index (χ0n) is 8.31. The van der Waals surface area contributed by atoms with Crippen LogP contribution in [0.5, 0.6) is 0 Å². The standard InChI is InChI=1S/C11H16BrN/c1-4-5-6-13-8-9(2)7-11(12)10(13)3/h7-8H,3-6H2,1-2H3. The van der Waals surface area contributed by atoms with E-state index in [2.05, 4.69) is 53.5 Å². The Morgan fingerprint density at radius 3 is 2.85 bits per heavy atom. The number of unbranched alkanes of at least 4 members (excludes halogenated alkanes) is 1. The minimum atomic E-state index is 1.07. The van der Waals surface area contributed by atoms with Crippen molar-refractivity contribution in [2.45, 2.75) is 26.7 Å². The van der Waals surface area contributed by atoms with Crippen LogP contribution >= 0.6 is 15.9 Å². The van der Waals surface area contributed by atoms with Crippen molar-refractivity contribution in [1.29, 1.82) is 0 Å². The molecule has 0 aromatic heterocycles. The molecule has 0 radical (unpaired) electrons. The SMILES string of the molecule is C=C1C(Br)=CC(C)=CN1CCCC. The molecule has 1 aliphatic rings. The highest BCUT2D eigenvalue weighted by molar-refractivity contribution is 9.12. The predicted molar refractivity (Wildman–Crippen MR) is 61.5 cm³/mol. The van der Waals surface area contributed by atoms with Gasteiger partial charge in [-0.05, 0) is 40.9 Å². The highest BCUT2D eigenvalue weighted by Crippen LogP contribution is 2.26. The van der Waals surface area contributed by atoms with Gasteiger partial charge in [0.15, 0.2) is 0 Å². The molecule has 0 bridgehead atoms. The Hall–Kier alpha value is -0.500. The van der Waals surface area contributed by atoms with Gasteiger partial charge in [-0.1, -0.05) is 19.9 Å². The smallest absolute Gasteiger partial charge is 0.0477 e. The molecule has 0 fully saturated rings. The van der Waals surface area contributed by atoms with Crippen molar-refractivity contribution < 1.29 is 0 Å². The molecule has 0 amide bonds. The van der Waals surface area contributed by atoms with E-state index in [4.69, 9.17) is 0 Å². The van der Waals surface area contributed by atoms with Crippen LogP contribution < -0.4 is 0 Å². The second-order valence-electron chi connectivity index (χ2n) is 3.36. The number of allylic oxidation sites excluding steroid dienone is 3. The quantitative estimate of drug-likeness (QED) is 0.727. The summed E-state index contributed by atoms with van der Waals surface area (Å²) < 4.78 is 1.10. The van der Waals surface area contributed by atoms with E-state index in [1.54, 1.807) is 0 Å². The minimum Gasteiger partial charge on any atom is -0.347 e. The fourth-order valence-corrected chi connectivity index (χ4v) is 1.90. The summed E-state index contributed by atoms with van der Waals surface area (Å²) in [4.78, 5) is 2.21. The lowest BCUT2D eigenvalue weighted by molar-refractivity contribution is 0.455. The maximum Gasteiger partial charge on any atom is 0.0477 e. The van der Waals surface area contributed by atoms with Crippen LogP contribution in [0.4, 0.5) is 0 Å². The number of hydrogen-bond donors (Lipinski definition) is 0. The van der Waals surface area contributed by atoms with Gasteiger partial charge in [-0.25, -0.2) is 0 Å². The number of hydrogen-bond acceptors (Lipinski definition) is 1. The highest BCUT2D eigenvalue weighted by Gasteiger charge is 2.11. The normalized spacial score (nSPS) is 17.2. The van der Waals surface area contributed by atoms with Crippen molar-refractivity contribution in [2.75, 3.05) is 6.54 Å². The highest BCUT2D eigenvalue weighted by atomic mass is 79.9. The van der Waals surface area contributed by atoms with Gasteiger partial charge in [-0.15, -0.1) is 0 Å². The summed E-state index contributed by atoms with van der Waals surface area (Å²) in [6, 6.07) is 0. The Morgan fingerprint density at radius 1 is 1.54 bits per heavy atom.